The van der Waals surface area contributed by atoms with Crippen LogP contribution in [0.1, 0.15) is 38.2 Å². The van der Waals surface area contributed by atoms with Crippen molar-refractivity contribution in [2.24, 2.45) is 5.92 Å². The van der Waals surface area contributed by atoms with Gasteiger partial charge in [0.15, 0.2) is 0 Å². The van der Waals surface area contributed by atoms with Crippen molar-refractivity contribution in [3.8, 4) is 22.7 Å². The highest BCUT2D eigenvalue weighted by atomic mass is 32.2. The number of aromatic amines is 1. The summed E-state index contributed by atoms with van der Waals surface area (Å²) in [7, 11) is -3.48. The van der Waals surface area contributed by atoms with E-state index in [1.165, 1.54) is 22.7 Å². The molecular formula is C25H26FN3O3S. The molecule has 1 saturated carbocycles. The lowest BCUT2D eigenvalue weighted by molar-refractivity contribution is 0.582. The topological polar surface area (TPSA) is 79.2 Å². The summed E-state index contributed by atoms with van der Waals surface area (Å²) in [6, 6.07) is 10.0. The van der Waals surface area contributed by atoms with Crippen LogP contribution in [0, 0.1) is 11.7 Å². The molecule has 2 aromatic heterocycles. The molecule has 0 atom stereocenters. The molecule has 0 aliphatic heterocycles. The Morgan fingerprint density at radius 1 is 1.21 bits per heavy atom. The van der Waals surface area contributed by atoms with Crippen LogP contribution in [0.2, 0.25) is 0 Å². The van der Waals surface area contributed by atoms with Crippen molar-refractivity contribution in [2.45, 2.75) is 32.6 Å². The summed E-state index contributed by atoms with van der Waals surface area (Å²) in [6.07, 6.45) is 6.71. The molecule has 0 unspecified atom stereocenters. The molecule has 2 aromatic carbocycles. The Balaban J connectivity index is 1.79. The highest BCUT2D eigenvalue weighted by molar-refractivity contribution is 7.92. The van der Waals surface area contributed by atoms with Gasteiger partial charge < -0.3 is 9.40 Å². The molecule has 1 fully saturated rings. The van der Waals surface area contributed by atoms with Gasteiger partial charge in [0.2, 0.25) is 10.0 Å². The number of halogens is 1. The third kappa shape index (κ3) is 4.15. The number of furan rings is 1. The van der Waals surface area contributed by atoms with E-state index in [9.17, 15) is 12.8 Å². The normalized spacial score (nSPS) is 14.3. The molecule has 172 valence electrons. The maximum atomic E-state index is 13.6. The number of hydrogen-bond donors (Lipinski definition) is 1. The second-order valence-corrected chi connectivity index (χ2v) is 11.0. The van der Waals surface area contributed by atoms with Gasteiger partial charge in [-0.05, 0) is 60.6 Å². The Labute approximate surface area is 192 Å². The van der Waals surface area contributed by atoms with Crippen LogP contribution < -0.4 is 4.31 Å². The second kappa shape index (κ2) is 8.02. The largest absolute Gasteiger partial charge is 0.455 e. The summed E-state index contributed by atoms with van der Waals surface area (Å²) in [5.41, 5.74) is 3.75. The zero-order valence-electron chi connectivity index (χ0n) is 18.8. The molecule has 1 aliphatic rings. The van der Waals surface area contributed by atoms with Gasteiger partial charge >= 0.3 is 0 Å². The molecular weight excluding hydrogens is 441 g/mol. The van der Waals surface area contributed by atoms with Gasteiger partial charge in [-0.25, -0.2) is 17.8 Å². The first-order chi connectivity index (χ1) is 15.7. The average Bonchev–Trinajstić information content (AvgIpc) is 3.32. The number of rotatable bonds is 7. The second-order valence-electron chi connectivity index (χ2n) is 9.12. The molecule has 0 amide bonds. The van der Waals surface area contributed by atoms with Gasteiger partial charge in [0.25, 0.3) is 0 Å². The van der Waals surface area contributed by atoms with Gasteiger partial charge in [-0.1, -0.05) is 13.8 Å². The summed E-state index contributed by atoms with van der Waals surface area (Å²) >= 11 is 0. The number of benzene rings is 2. The Kier molecular flexibility index (Phi) is 5.28. The van der Waals surface area contributed by atoms with Crippen LogP contribution in [0.15, 0.2) is 53.2 Å². The standard InChI is InChI=1S/C25H26FN3O3S/c1-15(2)14-29(33(3,30)31)21-13-22-20(12-19(21)16-4-5-16)23(25-27-10-11-28-25)24(32-22)17-6-8-18(26)9-7-17/h6-13,15-16H,4-5,14H2,1-3H3,(H,27,28). The molecule has 2 heterocycles. The van der Waals surface area contributed by atoms with Crippen LogP contribution in [-0.4, -0.2) is 31.2 Å². The van der Waals surface area contributed by atoms with E-state index in [2.05, 4.69) is 16.0 Å². The summed E-state index contributed by atoms with van der Waals surface area (Å²) in [5.74, 6) is 1.35. The van der Waals surface area contributed by atoms with Crippen molar-refractivity contribution in [3.63, 3.8) is 0 Å². The highest BCUT2D eigenvalue weighted by Crippen LogP contribution is 2.49. The maximum Gasteiger partial charge on any atom is 0.232 e. The number of imidazole rings is 1. The molecule has 0 saturated heterocycles. The third-order valence-electron chi connectivity index (χ3n) is 5.90. The van der Waals surface area contributed by atoms with Gasteiger partial charge in [-0.2, -0.15) is 0 Å². The van der Waals surface area contributed by atoms with E-state index >= 15 is 0 Å². The van der Waals surface area contributed by atoms with Gasteiger partial charge in [-0.3, -0.25) is 4.31 Å². The van der Waals surface area contributed by atoms with E-state index in [0.717, 1.165) is 34.9 Å². The smallest absolute Gasteiger partial charge is 0.232 e. The van der Waals surface area contributed by atoms with Crippen molar-refractivity contribution in [3.05, 3.63) is 60.2 Å². The molecule has 8 heteroatoms. The van der Waals surface area contributed by atoms with E-state index in [4.69, 9.17) is 4.42 Å². The summed E-state index contributed by atoms with van der Waals surface area (Å²) < 4.78 is 46.9. The zero-order valence-corrected chi connectivity index (χ0v) is 19.6. The predicted octanol–water partition coefficient (Wildman–Crippen LogP) is 5.93. The molecule has 1 aliphatic carbocycles. The van der Waals surface area contributed by atoms with Crippen LogP contribution in [0.5, 0.6) is 0 Å². The molecule has 6 nitrogen and oxygen atoms in total. The lowest BCUT2D eigenvalue weighted by atomic mass is 10.00. The number of nitrogens with zero attached hydrogens (tertiary/aromatic N) is 2. The third-order valence-corrected chi connectivity index (χ3v) is 7.04. The van der Waals surface area contributed by atoms with Crippen molar-refractivity contribution in [1.82, 2.24) is 9.97 Å². The lowest BCUT2D eigenvalue weighted by Gasteiger charge is -2.26. The Morgan fingerprint density at radius 2 is 1.94 bits per heavy atom. The molecule has 1 N–H and O–H groups in total. The molecule has 0 radical (unpaired) electrons. The maximum absolute atomic E-state index is 13.6. The number of anilines is 1. The quantitative estimate of drug-likeness (QED) is 0.365. The summed E-state index contributed by atoms with van der Waals surface area (Å²) in [5, 5.41) is 0.855. The van der Waals surface area contributed by atoms with E-state index in [-0.39, 0.29) is 11.7 Å². The van der Waals surface area contributed by atoms with Crippen LogP contribution in [0.3, 0.4) is 0 Å². The number of nitrogens with one attached hydrogen (secondary N) is 1. The Hall–Kier alpha value is -3.13. The highest BCUT2D eigenvalue weighted by Gasteiger charge is 2.33. The van der Waals surface area contributed by atoms with Gasteiger partial charge in [0, 0.05) is 36.0 Å². The minimum Gasteiger partial charge on any atom is -0.455 e. The minimum absolute atomic E-state index is 0.160. The van der Waals surface area contributed by atoms with Crippen molar-refractivity contribution in [1.29, 1.82) is 0 Å². The monoisotopic (exact) mass is 467 g/mol. The number of sulfonamides is 1. The number of aromatic nitrogens is 2. The number of H-pyrrole nitrogens is 1. The van der Waals surface area contributed by atoms with Crippen molar-refractivity contribution < 1.29 is 17.2 Å². The lowest BCUT2D eigenvalue weighted by Crippen LogP contribution is -2.34. The number of fused-ring (bicyclic) bond motifs is 1. The average molecular weight is 468 g/mol. The van der Waals surface area contributed by atoms with Crippen molar-refractivity contribution >= 4 is 26.7 Å². The fraction of sp³-hybridized carbons (Fsp3) is 0.320. The predicted molar refractivity (Wildman–Crippen MR) is 128 cm³/mol. The molecule has 5 rings (SSSR count). The van der Waals surface area contributed by atoms with Gasteiger partial charge in [0.05, 0.1) is 17.5 Å². The van der Waals surface area contributed by atoms with Crippen LogP contribution in [0.25, 0.3) is 33.7 Å². The van der Waals surface area contributed by atoms with Crippen molar-refractivity contribution in [2.75, 3.05) is 17.1 Å². The van der Waals surface area contributed by atoms with E-state index in [0.29, 0.717) is 35.3 Å². The Morgan fingerprint density at radius 3 is 2.52 bits per heavy atom. The van der Waals surface area contributed by atoms with Gasteiger partial charge in [0.1, 0.15) is 23.0 Å². The fourth-order valence-electron chi connectivity index (χ4n) is 4.27. The Bertz CT molecular complexity index is 1400. The van der Waals surface area contributed by atoms with Crippen LogP contribution >= 0.6 is 0 Å². The van der Waals surface area contributed by atoms with E-state index in [1.807, 2.05) is 19.9 Å². The first-order valence-electron chi connectivity index (χ1n) is 11.1. The van der Waals surface area contributed by atoms with Crippen LogP contribution in [0.4, 0.5) is 10.1 Å². The van der Waals surface area contributed by atoms with Gasteiger partial charge in [-0.15, -0.1) is 0 Å². The molecule has 0 bridgehead atoms. The minimum atomic E-state index is -3.48. The summed E-state index contributed by atoms with van der Waals surface area (Å²) in [6.45, 7) is 4.39. The first kappa shape index (κ1) is 21.7. The van der Waals surface area contributed by atoms with E-state index < -0.39 is 10.0 Å². The van der Waals surface area contributed by atoms with E-state index in [1.54, 1.807) is 24.5 Å². The van der Waals surface area contributed by atoms with Crippen LogP contribution in [-0.2, 0) is 10.0 Å². The summed E-state index contributed by atoms with van der Waals surface area (Å²) in [4.78, 5) is 7.60. The fourth-order valence-corrected chi connectivity index (χ4v) is 5.36. The zero-order chi connectivity index (χ0) is 23.3. The SMILES string of the molecule is CC(C)CN(c1cc2oc(-c3ccc(F)cc3)c(-c3ncc[nH]3)c2cc1C1CC1)S(C)(=O)=O. The first-order valence-corrected chi connectivity index (χ1v) is 12.9. The number of hydrogen-bond acceptors (Lipinski definition) is 4. The molecule has 0 spiro atoms. The molecule has 4 aromatic rings. The molecule has 33 heavy (non-hydrogen) atoms.